The number of thiazole rings is 1. The van der Waals surface area contributed by atoms with E-state index in [4.69, 9.17) is 0 Å². The monoisotopic (exact) mass is 326 g/mol. The summed E-state index contributed by atoms with van der Waals surface area (Å²) in [5, 5.41) is 3.88. The lowest BCUT2D eigenvalue weighted by atomic mass is 10.1. The summed E-state index contributed by atoms with van der Waals surface area (Å²) in [6, 6.07) is 8.20. The van der Waals surface area contributed by atoms with Gasteiger partial charge in [-0.1, -0.05) is 24.3 Å². The third-order valence-corrected chi connectivity index (χ3v) is 4.55. The Balaban J connectivity index is 1.64. The van der Waals surface area contributed by atoms with Gasteiger partial charge in [-0.15, -0.1) is 11.3 Å². The summed E-state index contributed by atoms with van der Waals surface area (Å²) >= 11 is 1.43. The van der Waals surface area contributed by atoms with Crippen LogP contribution in [0.15, 0.2) is 43.0 Å². The number of rotatable bonds is 5. The standard InChI is InChI=1S/C17H18N4OS/c1-12-16(23-13(2)20-12)17(22)19-9-14-4-3-5-15(8-14)10-21-7-6-18-11-21/h3-8,11H,9-10H2,1-2H3,(H,19,22). The molecule has 0 spiro atoms. The molecule has 0 saturated heterocycles. The first-order chi connectivity index (χ1) is 11.1. The largest absolute Gasteiger partial charge is 0.347 e. The smallest absolute Gasteiger partial charge is 0.263 e. The lowest BCUT2D eigenvalue weighted by molar-refractivity contribution is 0.0954. The molecule has 0 unspecified atom stereocenters. The Morgan fingerprint density at radius 2 is 2.13 bits per heavy atom. The molecule has 1 aromatic carbocycles. The maximum absolute atomic E-state index is 12.2. The summed E-state index contributed by atoms with van der Waals surface area (Å²) < 4.78 is 2.02. The highest BCUT2D eigenvalue weighted by atomic mass is 32.1. The summed E-state index contributed by atoms with van der Waals surface area (Å²) in [7, 11) is 0. The van der Waals surface area contributed by atoms with Crippen LogP contribution >= 0.6 is 11.3 Å². The summed E-state index contributed by atoms with van der Waals surface area (Å²) in [5.41, 5.74) is 3.05. The van der Waals surface area contributed by atoms with E-state index in [0.29, 0.717) is 11.4 Å². The number of nitrogens with one attached hydrogen (secondary N) is 1. The number of aryl methyl sites for hydroxylation is 2. The molecule has 2 aromatic heterocycles. The summed E-state index contributed by atoms with van der Waals surface area (Å²) in [6.07, 6.45) is 5.50. The van der Waals surface area contributed by atoms with Gasteiger partial charge in [0.05, 0.1) is 17.0 Å². The van der Waals surface area contributed by atoms with Crippen LogP contribution in [-0.4, -0.2) is 20.4 Å². The van der Waals surface area contributed by atoms with Gasteiger partial charge in [-0.05, 0) is 25.0 Å². The number of hydrogen-bond acceptors (Lipinski definition) is 4. The first-order valence-corrected chi connectivity index (χ1v) is 8.19. The number of aromatic nitrogens is 3. The Morgan fingerprint density at radius 1 is 1.30 bits per heavy atom. The maximum Gasteiger partial charge on any atom is 0.263 e. The molecular weight excluding hydrogens is 308 g/mol. The van der Waals surface area contributed by atoms with E-state index in [2.05, 4.69) is 27.4 Å². The van der Waals surface area contributed by atoms with Gasteiger partial charge in [-0.25, -0.2) is 9.97 Å². The van der Waals surface area contributed by atoms with Gasteiger partial charge in [0.2, 0.25) is 0 Å². The van der Waals surface area contributed by atoms with Crippen molar-refractivity contribution >= 4 is 17.2 Å². The van der Waals surface area contributed by atoms with E-state index in [1.807, 2.05) is 36.7 Å². The molecule has 3 aromatic rings. The number of hydrogen-bond donors (Lipinski definition) is 1. The molecule has 0 saturated carbocycles. The Hall–Kier alpha value is -2.47. The van der Waals surface area contributed by atoms with Crippen LogP contribution in [0.4, 0.5) is 0 Å². The summed E-state index contributed by atoms with van der Waals surface area (Å²) in [4.78, 5) is 21.3. The second-order valence-corrected chi connectivity index (χ2v) is 6.59. The van der Waals surface area contributed by atoms with E-state index < -0.39 is 0 Å². The van der Waals surface area contributed by atoms with Crippen molar-refractivity contribution in [3.8, 4) is 0 Å². The van der Waals surface area contributed by atoms with Crippen LogP contribution < -0.4 is 5.32 Å². The number of carbonyl (C=O) groups excluding carboxylic acids is 1. The third-order valence-electron chi connectivity index (χ3n) is 3.48. The fourth-order valence-electron chi connectivity index (χ4n) is 2.43. The van der Waals surface area contributed by atoms with Crippen molar-refractivity contribution in [3.05, 3.63) is 69.7 Å². The van der Waals surface area contributed by atoms with Crippen LogP contribution in [0, 0.1) is 13.8 Å². The lowest BCUT2D eigenvalue weighted by Crippen LogP contribution is -2.22. The van der Waals surface area contributed by atoms with Crippen LogP contribution in [0.5, 0.6) is 0 Å². The predicted octanol–water partition coefficient (Wildman–Crippen LogP) is 2.93. The normalized spacial score (nSPS) is 10.7. The van der Waals surface area contributed by atoms with Gasteiger partial charge in [-0.3, -0.25) is 4.79 Å². The zero-order valence-electron chi connectivity index (χ0n) is 13.1. The Labute approximate surface area is 139 Å². The topological polar surface area (TPSA) is 59.8 Å². The van der Waals surface area contributed by atoms with Gasteiger partial charge in [0.1, 0.15) is 4.88 Å². The van der Waals surface area contributed by atoms with Crippen molar-refractivity contribution in [2.24, 2.45) is 0 Å². The molecule has 6 heteroatoms. The van der Waals surface area contributed by atoms with Crippen LogP contribution in [0.1, 0.15) is 31.5 Å². The molecular formula is C17H18N4OS. The highest BCUT2D eigenvalue weighted by Crippen LogP contribution is 2.17. The average molecular weight is 326 g/mol. The van der Waals surface area contributed by atoms with Crippen molar-refractivity contribution in [1.82, 2.24) is 19.9 Å². The SMILES string of the molecule is Cc1nc(C)c(C(=O)NCc2cccc(Cn3ccnc3)c2)s1. The molecule has 0 aliphatic rings. The number of benzene rings is 1. The van der Waals surface area contributed by atoms with E-state index in [1.165, 1.54) is 16.9 Å². The predicted molar refractivity (Wildman–Crippen MR) is 90.5 cm³/mol. The maximum atomic E-state index is 12.2. The minimum atomic E-state index is -0.0619. The fraction of sp³-hybridized carbons (Fsp3) is 0.235. The number of imidazole rings is 1. The molecule has 3 rings (SSSR count). The van der Waals surface area contributed by atoms with E-state index in [0.717, 1.165) is 22.8 Å². The molecule has 0 aliphatic carbocycles. The van der Waals surface area contributed by atoms with E-state index in [9.17, 15) is 4.79 Å². The summed E-state index contributed by atoms with van der Waals surface area (Å²) in [6.45, 7) is 5.06. The zero-order chi connectivity index (χ0) is 16.2. The van der Waals surface area contributed by atoms with E-state index >= 15 is 0 Å². The zero-order valence-corrected chi connectivity index (χ0v) is 13.9. The molecule has 0 bridgehead atoms. The molecule has 0 fully saturated rings. The highest BCUT2D eigenvalue weighted by Gasteiger charge is 2.13. The van der Waals surface area contributed by atoms with Gasteiger partial charge in [0.15, 0.2) is 0 Å². The fourth-order valence-corrected chi connectivity index (χ4v) is 3.27. The molecule has 1 amide bonds. The Bertz CT molecular complexity index is 808. The van der Waals surface area contributed by atoms with Gasteiger partial charge >= 0.3 is 0 Å². The van der Waals surface area contributed by atoms with Crippen LogP contribution in [0.2, 0.25) is 0 Å². The van der Waals surface area contributed by atoms with E-state index in [-0.39, 0.29) is 5.91 Å². The van der Waals surface area contributed by atoms with E-state index in [1.54, 1.807) is 12.5 Å². The van der Waals surface area contributed by atoms with Crippen molar-refractivity contribution < 1.29 is 4.79 Å². The Kier molecular flexibility index (Phi) is 4.52. The number of carbonyl (C=O) groups is 1. The molecule has 118 valence electrons. The molecule has 23 heavy (non-hydrogen) atoms. The molecule has 5 nitrogen and oxygen atoms in total. The second-order valence-electron chi connectivity index (χ2n) is 5.39. The van der Waals surface area contributed by atoms with Crippen LogP contribution in [0.25, 0.3) is 0 Å². The third kappa shape index (κ3) is 3.84. The van der Waals surface area contributed by atoms with Gasteiger partial charge in [0.25, 0.3) is 5.91 Å². The van der Waals surface area contributed by atoms with Crippen molar-refractivity contribution in [2.75, 3.05) is 0 Å². The van der Waals surface area contributed by atoms with Gasteiger partial charge in [0, 0.05) is 25.5 Å². The van der Waals surface area contributed by atoms with Crippen molar-refractivity contribution in [1.29, 1.82) is 0 Å². The highest BCUT2D eigenvalue weighted by molar-refractivity contribution is 7.13. The number of amides is 1. The first kappa shape index (κ1) is 15.4. The number of nitrogens with zero attached hydrogens (tertiary/aromatic N) is 3. The van der Waals surface area contributed by atoms with Crippen LogP contribution in [0.3, 0.4) is 0 Å². The van der Waals surface area contributed by atoms with Crippen molar-refractivity contribution in [3.63, 3.8) is 0 Å². The molecule has 0 radical (unpaired) electrons. The quantitative estimate of drug-likeness (QED) is 0.784. The minimum absolute atomic E-state index is 0.0619. The Morgan fingerprint density at radius 3 is 2.83 bits per heavy atom. The second kappa shape index (κ2) is 6.75. The first-order valence-electron chi connectivity index (χ1n) is 7.37. The molecule has 2 heterocycles. The summed E-state index contributed by atoms with van der Waals surface area (Å²) in [5.74, 6) is -0.0619. The minimum Gasteiger partial charge on any atom is -0.347 e. The molecule has 0 atom stereocenters. The van der Waals surface area contributed by atoms with Crippen LogP contribution in [-0.2, 0) is 13.1 Å². The average Bonchev–Trinajstić information content (AvgIpc) is 3.14. The molecule has 0 aliphatic heterocycles. The van der Waals surface area contributed by atoms with Gasteiger partial charge < -0.3 is 9.88 Å². The van der Waals surface area contributed by atoms with Gasteiger partial charge in [-0.2, -0.15) is 0 Å². The lowest BCUT2D eigenvalue weighted by Gasteiger charge is -2.07. The van der Waals surface area contributed by atoms with Crippen molar-refractivity contribution in [2.45, 2.75) is 26.9 Å². The molecule has 1 N–H and O–H groups in total.